The molecule has 0 atom stereocenters. The summed E-state index contributed by atoms with van der Waals surface area (Å²) in [6.45, 7) is 1.76. The second kappa shape index (κ2) is 7.67. The van der Waals surface area contributed by atoms with E-state index in [0.29, 0.717) is 18.2 Å². The third-order valence-corrected chi connectivity index (χ3v) is 2.01. The highest BCUT2D eigenvalue weighted by molar-refractivity contribution is 9.09. The molecule has 0 spiro atoms. The van der Waals surface area contributed by atoms with Crippen LogP contribution in [0.1, 0.15) is 26.2 Å². The summed E-state index contributed by atoms with van der Waals surface area (Å²) in [4.78, 5) is 32.9. The normalized spacial score (nSPS) is 9.57. The predicted molar refractivity (Wildman–Crippen MR) is 54.3 cm³/mol. The minimum atomic E-state index is -0.917. The van der Waals surface area contributed by atoms with Gasteiger partial charge in [0.05, 0.1) is 13.0 Å². The highest BCUT2D eigenvalue weighted by Gasteiger charge is 2.18. The minimum absolute atomic E-state index is 0.153. The summed E-state index contributed by atoms with van der Waals surface area (Å²) in [7, 11) is 0. The van der Waals surface area contributed by atoms with Crippen molar-refractivity contribution < 1.29 is 19.1 Å². The molecule has 0 saturated carbocycles. The molecule has 14 heavy (non-hydrogen) atoms. The van der Waals surface area contributed by atoms with Gasteiger partial charge in [0.25, 0.3) is 0 Å². The van der Waals surface area contributed by atoms with E-state index in [1.807, 2.05) is 0 Å². The Labute approximate surface area is 91.1 Å². The summed E-state index contributed by atoms with van der Waals surface area (Å²) in [5.74, 6) is -1.89. The zero-order valence-corrected chi connectivity index (χ0v) is 9.63. The number of carbonyl (C=O) groups is 3. The Hall–Kier alpha value is -0.710. The number of esters is 1. The molecule has 0 bridgehead atoms. The van der Waals surface area contributed by atoms with Crippen molar-refractivity contribution in [3.8, 4) is 0 Å². The van der Waals surface area contributed by atoms with E-state index >= 15 is 0 Å². The maximum Gasteiger partial charge on any atom is 0.375 e. The Kier molecular flexibility index (Phi) is 7.28. The molecule has 0 amide bonds. The summed E-state index contributed by atoms with van der Waals surface area (Å²) in [5.41, 5.74) is 0. The van der Waals surface area contributed by atoms with Gasteiger partial charge in [0, 0.05) is 11.8 Å². The van der Waals surface area contributed by atoms with Crippen LogP contribution in [-0.2, 0) is 19.1 Å². The molecular weight excluding hydrogens is 252 g/mol. The Morgan fingerprint density at radius 1 is 1.29 bits per heavy atom. The van der Waals surface area contributed by atoms with Gasteiger partial charge in [0.1, 0.15) is 5.78 Å². The van der Waals surface area contributed by atoms with Gasteiger partial charge in [-0.2, -0.15) is 0 Å². The Morgan fingerprint density at radius 3 is 2.43 bits per heavy atom. The number of halogens is 1. The number of carbonyl (C=O) groups excluding carboxylic acids is 3. The SMILES string of the molecule is CCOC(=O)C(=O)CC(=O)CCCBr. The van der Waals surface area contributed by atoms with Gasteiger partial charge in [-0.1, -0.05) is 15.9 Å². The fraction of sp³-hybridized carbons (Fsp3) is 0.667. The molecule has 0 aromatic rings. The number of ether oxygens (including phenoxy) is 1. The zero-order valence-electron chi connectivity index (χ0n) is 8.05. The molecule has 0 aliphatic carbocycles. The van der Waals surface area contributed by atoms with Crippen molar-refractivity contribution >= 4 is 33.5 Å². The Balaban J connectivity index is 3.81. The van der Waals surface area contributed by atoms with E-state index in [1.54, 1.807) is 6.92 Å². The highest BCUT2D eigenvalue weighted by atomic mass is 79.9. The largest absolute Gasteiger partial charge is 0.460 e. The standard InChI is InChI=1S/C9H13BrO4/c1-2-14-9(13)8(12)6-7(11)4-3-5-10/h2-6H2,1H3. The van der Waals surface area contributed by atoms with Crippen molar-refractivity contribution in [2.45, 2.75) is 26.2 Å². The molecule has 0 radical (unpaired) electrons. The Morgan fingerprint density at radius 2 is 1.93 bits per heavy atom. The van der Waals surface area contributed by atoms with Crippen LogP contribution in [0.15, 0.2) is 0 Å². The van der Waals surface area contributed by atoms with Crippen LogP contribution < -0.4 is 0 Å². The van der Waals surface area contributed by atoms with Gasteiger partial charge in [-0.25, -0.2) is 4.79 Å². The van der Waals surface area contributed by atoms with Crippen molar-refractivity contribution in [3.05, 3.63) is 0 Å². The van der Waals surface area contributed by atoms with Crippen LogP contribution in [0.25, 0.3) is 0 Å². The molecule has 0 aromatic heterocycles. The van der Waals surface area contributed by atoms with Crippen molar-refractivity contribution in [2.24, 2.45) is 0 Å². The first-order chi connectivity index (χ1) is 6.61. The van der Waals surface area contributed by atoms with Crippen LogP contribution in [0, 0.1) is 0 Å². The number of rotatable bonds is 7. The van der Waals surface area contributed by atoms with E-state index in [0.717, 1.165) is 0 Å². The molecule has 0 aromatic carbocycles. The topological polar surface area (TPSA) is 60.4 Å². The Bertz CT molecular complexity index is 225. The van der Waals surface area contributed by atoms with Crippen LogP contribution in [-0.4, -0.2) is 29.5 Å². The smallest absolute Gasteiger partial charge is 0.375 e. The lowest BCUT2D eigenvalue weighted by atomic mass is 10.1. The maximum atomic E-state index is 11.1. The van der Waals surface area contributed by atoms with Crippen LogP contribution in [0.4, 0.5) is 0 Å². The molecular formula is C9H13BrO4. The van der Waals surface area contributed by atoms with E-state index in [9.17, 15) is 14.4 Å². The van der Waals surface area contributed by atoms with E-state index < -0.39 is 11.8 Å². The lowest BCUT2D eigenvalue weighted by molar-refractivity contribution is -0.154. The molecule has 0 N–H and O–H groups in total. The molecule has 0 rings (SSSR count). The zero-order chi connectivity index (χ0) is 11.0. The van der Waals surface area contributed by atoms with Crippen molar-refractivity contribution in [1.82, 2.24) is 0 Å². The van der Waals surface area contributed by atoms with Gasteiger partial charge >= 0.3 is 5.97 Å². The third-order valence-electron chi connectivity index (χ3n) is 1.45. The molecule has 0 fully saturated rings. The van der Waals surface area contributed by atoms with Crippen molar-refractivity contribution in [2.75, 3.05) is 11.9 Å². The number of alkyl halides is 1. The lowest BCUT2D eigenvalue weighted by Gasteiger charge is -1.99. The fourth-order valence-corrected chi connectivity index (χ4v) is 1.10. The maximum absolute atomic E-state index is 11.1. The second-order valence-corrected chi connectivity index (χ2v) is 3.44. The van der Waals surface area contributed by atoms with Gasteiger partial charge in [0.15, 0.2) is 0 Å². The molecule has 4 nitrogen and oxygen atoms in total. The average Bonchev–Trinajstić information content (AvgIpc) is 2.15. The van der Waals surface area contributed by atoms with Crippen LogP contribution in [0.5, 0.6) is 0 Å². The first-order valence-electron chi connectivity index (χ1n) is 4.39. The molecule has 0 saturated heterocycles. The number of hydrogen-bond acceptors (Lipinski definition) is 4. The third kappa shape index (κ3) is 5.85. The first-order valence-corrected chi connectivity index (χ1v) is 5.51. The van der Waals surface area contributed by atoms with Gasteiger partial charge in [0.2, 0.25) is 5.78 Å². The second-order valence-electron chi connectivity index (χ2n) is 2.65. The lowest BCUT2D eigenvalue weighted by Crippen LogP contribution is -2.20. The molecule has 0 unspecified atom stereocenters. The molecule has 0 aliphatic heterocycles. The number of Topliss-reactive ketones (excluding diaryl/α,β-unsaturated/α-hetero) is 2. The molecule has 0 aliphatic rings. The summed E-state index contributed by atoms with van der Waals surface area (Å²) in [5, 5.41) is 0.715. The summed E-state index contributed by atoms with van der Waals surface area (Å²) < 4.78 is 4.46. The predicted octanol–water partition coefficient (Wildman–Crippen LogP) is 1.25. The molecule has 0 heterocycles. The van der Waals surface area contributed by atoms with Gasteiger partial charge < -0.3 is 4.74 Å². The van der Waals surface area contributed by atoms with Gasteiger partial charge in [-0.3, -0.25) is 9.59 Å². The summed E-state index contributed by atoms with van der Waals surface area (Å²) in [6.07, 6.45) is 0.650. The van der Waals surface area contributed by atoms with Gasteiger partial charge in [-0.15, -0.1) is 0 Å². The number of ketones is 2. The molecule has 5 heteroatoms. The van der Waals surface area contributed by atoms with Crippen LogP contribution >= 0.6 is 15.9 Å². The monoisotopic (exact) mass is 264 g/mol. The van der Waals surface area contributed by atoms with Crippen molar-refractivity contribution in [1.29, 1.82) is 0 Å². The molecule has 80 valence electrons. The van der Waals surface area contributed by atoms with E-state index in [1.165, 1.54) is 0 Å². The minimum Gasteiger partial charge on any atom is -0.460 e. The summed E-state index contributed by atoms with van der Waals surface area (Å²) >= 11 is 3.17. The van der Waals surface area contributed by atoms with Gasteiger partial charge in [-0.05, 0) is 13.3 Å². The quantitative estimate of drug-likeness (QED) is 0.301. The van der Waals surface area contributed by atoms with E-state index in [2.05, 4.69) is 20.7 Å². The first kappa shape index (κ1) is 13.3. The highest BCUT2D eigenvalue weighted by Crippen LogP contribution is 1.99. The fourth-order valence-electron chi connectivity index (χ4n) is 0.815. The van der Waals surface area contributed by atoms with E-state index in [4.69, 9.17) is 0 Å². The van der Waals surface area contributed by atoms with E-state index in [-0.39, 0.29) is 18.8 Å². The summed E-state index contributed by atoms with van der Waals surface area (Å²) in [6, 6.07) is 0. The average molecular weight is 265 g/mol. The van der Waals surface area contributed by atoms with Crippen molar-refractivity contribution in [3.63, 3.8) is 0 Å². The van der Waals surface area contributed by atoms with Crippen LogP contribution in [0.3, 0.4) is 0 Å². The van der Waals surface area contributed by atoms with Crippen LogP contribution in [0.2, 0.25) is 0 Å². The number of hydrogen-bond donors (Lipinski definition) is 0.